The molecule has 1 heterocycles. The Hall–Kier alpha value is -2.91. The number of carbonyl (C=O) groups excluding carboxylic acids is 2. The molecule has 0 aromatic heterocycles. The van der Waals surface area contributed by atoms with Crippen LogP contribution in [0.1, 0.15) is 48.9 Å². The van der Waals surface area contributed by atoms with Crippen LogP contribution >= 0.6 is 0 Å². The molecular formula is C25H31N3O5S. The van der Waals surface area contributed by atoms with Gasteiger partial charge in [-0.2, -0.15) is 4.31 Å². The van der Waals surface area contributed by atoms with Gasteiger partial charge in [-0.25, -0.2) is 8.42 Å². The number of rotatable bonds is 7. The first-order valence-electron chi connectivity index (χ1n) is 11.7. The molecule has 0 radical (unpaired) electrons. The first-order valence-corrected chi connectivity index (χ1v) is 13.1. The third-order valence-electron chi connectivity index (χ3n) is 6.62. The maximum atomic E-state index is 13.2. The van der Waals surface area contributed by atoms with Crippen LogP contribution in [0, 0.1) is 0 Å². The van der Waals surface area contributed by atoms with Crippen LogP contribution in [0.5, 0.6) is 5.75 Å². The van der Waals surface area contributed by atoms with Crippen molar-refractivity contribution in [3.05, 3.63) is 60.2 Å². The summed E-state index contributed by atoms with van der Waals surface area (Å²) in [7, 11) is -2.26. The topological polar surface area (TPSA) is 105 Å². The van der Waals surface area contributed by atoms with Crippen molar-refractivity contribution in [3.8, 4) is 5.75 Å². The van der Waals surface area contributed by atoms with E-state index < -0.39 is 16.1 Å². The lowest BCUT2D eigenvalue weighted by molar-refractivity contribution is -0.125. The maximum absolute atomic E-state index is 13.2. The highest BCUT2D eigenvalue weighted by molar-refractivity contribution is 7.89. The summed E-state index contributed by atoms with van der Waals surface area (Å²) >= 11 is 0. The van der Waals surface area contributed by atoms with Crippen molar-refractivity contribution in [1.29, 1.82) is 0 Å². The molecule has 34 heavy (non-hydrogen) atoms. The Labute approximate surface area is 200 Å². The van der Waals surface area contributed by atoms with Crippen molar-refractivity contribution < 1.29 is 22.7 Å². The van der Waals surface area contributed by atoms with E-state index in [0.717, 1.165) is 25.7 Å². The minimum Gasteiger partial charge on any atom is -0.497 e. The van der Waals surface area contributed by atoms with Gasteiger partial charge in [-0.15, -0.1) is 0 Å². The van der Waals surface area contributed by atoms with Crippen molar-refractivity contribution in [2.24, 2.45) is 0 Å². The Morgan fingerprint density at radius 3 is 2.12 bits per heavy atom. The van der Waals surface area contributed by atoms with E-state index in [4.69, 9.17) is 4.74 Å². The molecule has 182 valence electrons. The van der Waals surface area contributed by atoms with Gasteiger partial charge in [0.2, 0.25) is 15.9 Å². The number of amides is 2. The molecule has 1 aliphatic heterocycles. The van der Waals surface area contributed by atoms with Crippen molar-refractivity contribution in [2.75, 3.05) is 13.7 Å². The van der Waals surface area contributed by atoms with Gasteiger partial charge in [0.05, 0.1) is 12.0 Å². The molecule has 1 aliphatic carbocycles. The number of carbonyl (C=O) groups is 2. The summed E-state index contributed by atoms with van der Waals surface area (Å²) in [6.07, 6.45) is 4.16. The summed E-state index contributed by atoms with van der Waals surface area (Å²) in [6, 6.07) is 14.7. The van der Waals surface area contributed by atoms with E-state index in [1.165, 1.54) is 23.5 Å². The zero-order chi connectivity index (χ0) is 24.1. The average molecular weight is 486 g/mol. The van der Waals surface area contributed by atoms with Crippen LogP contribution in [0.3, 0.4) is 0 Å². The van der Waals surface area contributed by atoms with Crippen molar-refractivity contribution in [3.63, 3.8) is 0 Å². The van der Waals surface area contributed by atoms with Crippen LogP contribution in [0.4, 0.5) is 0 Å². The van der Waals surface area contributed by atoms with Gasteiger partial charge in [-0.1, -0.05) is 18.2 Å². The van der Waals surface area contributed by atoms with E-state index in [1.54, 1.807) is 24.3 Å². The van der Waals surface area contributed by atoms with Gasteiger partial charge in [0.15, 0.2) is 0 Å². The molecule has 1 saturated carbocycles. The number of methoxy groups -OCH3 is 1. The van der Waals surface area contributed by atoms with Gasteiger partial charge in [0.25, 0.3) is 5.91 Å². The standard InChI is InChI=1S/C25H31N3O5S/c1-33-21-13-15-22(16-14-21)34(31,32)28-17-5-8-23(28)25(30)27-20-11-9-19(10-12-20)26-24(29)18-6-3-2-4-7-18/h2-4,6-7,13-16,19-20,23H,5,8-12,17H2,1H3,(H,26,29)(H,27,30)/t19?,20?,23-/m0/s1. The Bertz CT molecular complexity index is 1100. The van der Waals surface area contributed by atoms with Gasteiger partial charge in [0, 0.05) is 24.2 Å². The maximum Gasteiger partial charge on any atom is 0.251 e. The van der Waals surface area contributed by atoms with Gasteiger partial charge in [0.1, 0.15) is 11.8 Å². The molecule has 2 N–H and O–H groups in total. The van der Waals surface area contributed by atoms with E-state index in [1.807, 2.05) is 18.2 Å². The largest absolute Gasteiger partial charge is 0.497 e. The summed E-state index contributed by atoms with van der Waals surface area (Å²) in [4.78, 5) is 25.6. The number of ether oxygens (including phenoxy) is 1. The van der Waals surface area contributed by atoms with Gasteiger partial charge >= 0.3 is 0 Å². The van der Waals surface area contributed by atoms with Crippen LogP contribution in [-0.4, -0.2) is 56.3 Å². The number of nitrogens with zero attached hydrogens (tertiary/aromatic N) is 1. The number of nitrogens with one attached hydrogen (secondary N) is 2. The number of hydrogen-bond donors (Lipinski definition) is 2. The second kappa shape index (κ2) is 10.6. The molecule has 1 atom stereocenters. The fraction of sp³-hybridized carbons (Fsp3) is 0.440. The molecule has 8 nitrogen and oxygen atoms in total. The van der Waals surface area contributed by atoms with E-state index in [9.17, 15) is 18.0 Å². The minimum absolute atomic E-state index is 0.0245. The normalized spacial score (nSPS) is 23.3. The summed E-state index contributed by atoms with van der Waals surface area (Å²) in [5.41, 5.74) is 0.636. The Kier molecular flexibility index (Phi) is 7.53. The molecule has 2 amide bonds. The lowest BCUT2D eigenvalue weighted by Crippen LogP contribution is -2.50. The zero-order valence-electron chi connectivity index (χ0n) is 19.3. The van der Waals surface area contributed by atoms with Crippen molar-refractivity contribution in [2.45, 2.75) is 61.5 Å². The molecule has 2 fully saturated rings. The predicted molar refractivity (Wildman–Crippen MR) is 128 cm³/mol. The zero-order valence-corrected chi connectivity index (χ0v) is 20.1. The highest BCUT2D eigenvalue weighted by atomic mass is 32.2. The molecule has 2 aromatic carbocycles. The lowest BCUT2D eigenvalue weighted by atomic mass is 9.90. The second-order valence-corrected chi connectivity index (χ2v) is 10.7. The van der Waals surface area contributed by atoms with Crippen LogP contribution in [0.25, 0.3) is 0 Å². The highest BCUT2D eigenvalue weighted by Crippen LogP contribution is 2.28. The SMILES string of the molecule is COc1ccc(S(=O)(=O)N2CCC[C@H]2C(=O)NC2CCC(NC(=O)c3ccccc3)CC2)cc1. The molecule has 4 rings (SSSR count). The minimum atomic E-state index is -3.78. The monoisotopic (exact) mass is 485 g/mol. The molecule has 2 aliphatic rings. The first kappa shape index (κ1) is 24.2. The van der Waals surface area contributed by atoms with Crippen LogP contribution in [0.15, 0.2) is 59.5 Å². The Morgan fingerprint density at radius 1 is 0.882 bits per heavy atom. The van der Waals surface area contributed by atoms with Crippen molar-refractivity contribution in [1.82, 2.24) is 14.9 Å². The molecule has 1 saturated heterocycles. The third-order valence-corrected chi connectivity index (χ3v) is 8.54. The lowest BCUT2D eigenvalue weighted by Gasteiger charge is -2.31. The van der Waals surface area contributed by atoms with Crippen molar-refractivity contribution >= 4 is 21.8 Å². The number of hydrogen-bond acceptors (Lipinski definition) is 5. The quantitative estimate of drug-likeness (QED) is 0.628. The van der Waals surface area contributed by atoms with Gasteiger partial charge in [-0.3, -0.25) is 9.59 Å². The van der Waals surface area contributed by atoms with Gasteiger partial charge < -0.3 is 15.4 Å². The molecular weight excluding hydrogens is 454 g/mol. The number of benzene rings is 2. The third kappa shape index (κ3) is 5.42. The fourth-order valence-electron chi connectivity index (χ4n) is 4.71. The van der Waals surface area contributed by atoms with Crippen LogP contribution in [-0.2, 0) is 14.8 Å². The molecule has 0 bridgehead atoms. The van der Waals surface area contributed by atoms with Crippen LogP contribution < -0.4 is 15.4 Å². The van der Waals surface area contributed by atoms with Gasteiger partial charge in [-0.05, 0) is 74.9 Å². The smallest absolute Gasteiger partial charge is 0.251 e. The molecule has 2 aromatic rings. The summed E-state index contributed by atoms with van der Waals surface area (Å²) in [6.45, 7) is 0.324. The van der Waals surface area contributed by atoms with E-state index in [2.05, 4.69) is 10.6 Å². The molecule has 0 unspecified atom stereocenters. The Balaban J connectivity index is 1.31. The highest BCUT2D eigenvalue weighted by Gasteiger charge is 2.40. The first-order chi connectivity index (χ1) is 16.4. The van der Waals surface area contributed by atoms with E-state index >= 15 is 0 Å². The average Bonchev–Trinajstić information content (AvgIpc) is 3.37. The number of sulfonamides is 1. The Morgan fingerprint density at radius 2 is 1.50 bits per heavy atom. The summed E-state index contributed by atoms with van der Waals surface area (Å²) in [5, 5.41) is 6.13. The van der Waals surface area contributed by atoms with Crippen LogP contribution in [0.2, 0.25) is 0 Å². The van der Waals surface area contributed by atoms with E-state index in [-0.39, 0.29) is 28.8 Å². The molecule has 0 spiro atoms. The predicted octanol–water partition coefficient (Wildman–Crippen LogP) is 2.71. The summed E-state index contributed by atoms with van der Waals surface area (Å²) in [5.74, 6) is 0.245. The fourth-order valence-corrected chi connectivity index (χ4v) is 6.37. The van der Waals surface area contributed by atoms with E-state index in [0.29, 0.717) is 30.7 Å². The molecule has 9 heteroatoms. The summed E-state index contributed by atoms with van der Waals surface area (Å²) < 4.78 is 32.8. The second-order valence-electron chi connectivity index (χ2n) is 8.85.